The van der Waals surface area contributed by atoms with E-state index in [1.54, 1.807) is 7.11 Å². The third kappa shape index (κ3) is 2.00. The molecule has 5 nitrogen and oxygen atoms in total. The van der Waals surface area contributed by atoms with Gasteiger partial charge in [0.2, 0.25) is 5.91 Å². The summed E-state index contributed by atoms with van der Waals surface area (Å²) in [7, 11) is 1.66. The van der Waals surface area contributed by atoms with Crippen molar-refractivity contribution in [1.29, 1.82) is 0 Å². The number of hydrogen-bond acceptors (Lipinski definition) is 3. The Morgan fingerprint density at radius 1 is 1.33 bits per heavy atom. The van der Waals surface area contributed by atoms with Crippen LogP contribution in [0.5, 0.6) is 0 Å². The standard InChI is InChI=1S/C13H21NO4/c1-12(2)8(9(12)11(16)17)10(15)14-7-13(18-3)5-4-6-13/h8-9H,4-7H2,1-3H3,(H,14,15)(H,16,17)/t8-,9+/m1/s1. The minimum atomic E-state index is -0.884. The lowest BCUT2D eigenvalue weighted by Crippen LogP contribution is -2.49. The van der Waals surface area contributed by atoms with Crippen molar-refractivity contribution in [3.05, 3.63) is 0 Å². The van der Waals surface area contributed by atoms with E-state index in [1.807, 2.05) is 13.8 Å². The quantitative estimate of drug-likeness (QED) is 0.769. The van der Waals surface area contributed by atoms with Crippen LogP contribution in [-0.2, 0) is 14.3 Å². The summed E-state index contributed by atoms with van der Waals surface area (Å²) >= 11 is 0. The zero-order valence-electron chi connectivity index (χ0n) is 11.2. The van der Waals surface area contributed by atoms with Gasteiger partial charge < -0.3 is 15.2 Å². The molecule has 2 saturated carbocycles. The van der Waals surface area contributed by atoms with Crippen molar-refractivity contribution in [2.45, 2.75) is 38.7 Å². The van der Waals surface area contributed by atoms with E-state index in [0.29, 0.717) is 6.54 Å². The molecule has 18 heavy (non-hydrogen) atoms. The Kier molecular flexibility index (Phi) is 3.13. The molecule has 2 aliphatic carbocycles. The molecule has 0 radical (unpaired) electrons. The van der Waals surface area contributed by atoms with E-state index in [4.69, 9.17) is 9.84 Å². The van der Waals surface area contributed by atoms with Crippen LogP contribution >= 0.6 is 0 Å². The number of rotatable bonds is 5. The lowest BCUT2D eigenvalue weighted by molar-refractivity contribution is -0.140. The Hall–Kier alpha value is -1.10. The summed E-state index contributed by atoms with van der Waals surface area (Å²) in [6.45, 7) is 4.14. The molecule has 2 atom stereocenters. The van der Waals surface area contributed by atoms with Crippen LogP contribution < -0.4 is 5.32 Å². The fourth-order valence-corrected chi connectivity index (χ4v) is 2.97. The first-order valence-electron chi connectivity index (χ1n) is 6.40. The molecule has 0 aromatic rings. The van der Waals surface area contributed by atoms with Gasteiger partial charge >= 0.3 is 5.97 Å². The third-order valence-electron chi connectivity index (χ3n) is 4.66. The molecule has 2 aliphatic rings. The summed E-state index contributed by atoms with van der Waals surface area (Å²) < 4.78 is 5.42. The third-order valence-corrected chi connectivity index (χ3v) is 4.66. The van der Waals surface area contributed by atoms with Crippen molar-refractivity contribution in [1.82, 2.24) is 5.32 Å². The van der Waals surface area contributed by atoms with Crippen LogP contribution in [0.25, 0.3) is 0 Å². The minimum Gasteiger partial charge on any atom is -0.481 e. The van der Waals surface area contributed by atoms with Crippen LogP contribution in [0, 0.1) is 17.3 Å². The topological polar surface area (TPSA) is 75.6 Å². The van der Waals surface area contributed by atoms with Crippen LogP contribution in [0.15, 0.2) is 0 Å². The Labute approximate surface area is 107 Å². The molecule has 0 heterocycles. The molecule has 2 N–H and O–H groups in total. The fourth-order valence-electron chi connectivity index (χ4n) is 2.97. The maximum Gasteiger partial charge on any atom is 0.307 e. The average Bonchev–Trinajstić information content (AvgIpc) is 2.80. The van der Waals surface area contributed by atoms with Gasteiger partial charge in [0.05, 0.1) is 17.4 Å². The van der Waals surface area contributed by atoms with E-state index in [0.717, 1.165) is 19.3 Å². The monoisotopic (exact) mass is 255 g/mol. The predicted octanol–water partition coefficient (Wildman–Crippen LogP) is 1.03. The summed E-state index contributed by atoms with van der Waals surface area (Å²) in [5.74, 6) is -2.01. The summed E-state index contributed by atoms with van der Waals surface area (Å²) in [4.78, 5) is 23.0. The number of carbonyl (C=O) groups excluding carboxylic acids is 1. The van der Waals surface area contributed by atoms with E-state index in [9.17, 15) is 9.59 Å². The maximum absolute atomic E-state index is 12.0. The van der Waals surface area contributed by atoms with Gasteiger partial charge in [-0.2, -0.15) is 0 Å². The highest BCUT2D eigenvalue weighted by Crippen LogP contribution is 2.58. The number of aliphatic carboxylic acids is 1. The molecule has 0 saturated heterocycles. The van der Waals surface area contributed by atoms with Gasteiger partial charge in [-0.15, -0.1) is 0 Å². The molecule has 1 amide bonds. The van der Waals surface area contributed by atoms with Crippen molar-refractivity contribution in [3.63, 3.8) is 0 Å². The molecule has 102 valence electrons. The largest absolute Gasteiger partial charge is 0.481 e. The lowest BCUT2D eigenvalue weighted by atomic mass is 9.80. The normalized spacial score (nSPS) is 31.3. The highest BCUT2D eigenvalue weighted by Gasteiger charge is 2.65. The summed E-state index contributed by atoms with van der Waals surface area (Å²) in [6.07, 6.45) is 3.04. The molecule has 0 aromatic carbocycles. The molecule has 0 spiro atoms. The Balaban J connectivity index is 1.88. The van der Waals surface area contributed by atoms with E-state index in [1.165, 1.54) is 0 Å². The van der Waals surface area contributed by atoms with Crippen LogP contribution in [0.3, 0.4) is 0 Å². The van der Waals surface area contributed by atoms with Crippen molar-refractivity contribution in [2.75, 3.05) is 13.7 Å². The number of carboxylic acid groups (broad SMARTS) is 1. The van der Waals surface area contributed by atoms with Crippen LogP contribution in [0.1, 0.15) is 33.1 Å². The molecular formula is C13H21NO4. The van der Waals surface area contributed by atoms with Gasteiger partial charge in [-0.25, -0.2) is 0 Å². The maximum atomic E-state index is 12.0. The van der Waals surface area contributed by atoms with Gasteiger partial charge in [0.15, 0.2) is 0 Å². The highest BCUT2D eigenvalue weighted by molar-refractivity contribution is 5.91. The molecular weight excluding hydrogens is 234 g/mol. The number of nitrogens with one attached hydrogen (secondary N) is 1. The van der Waals surface area contributed by atoms with Crippen LogP contribution in [0.2, 0.25) is 0 Å². The summed E-state index contributed by atoms with van der Waals surface area (Å²) in [5, 5.41) is 11.9. The molecule has 0 bridgehead atoms. The van der Waals surface area contributed by atoms with Gasteiger partial charge in [0.1, 0.15) is 0 Å². The summed E-state index contributed by atoms with van der Waals surface area (Å²) in [5.41, 5.74) is -0.650. The van der Waals surface area contributed by atoms with E-state index >= 15 is 0 Å². The van der Waals surface area contributed by atoms with Gasteiger partial charge in [-0.1, -0.05) is 13.8 Å². The predicted molar refractivity (Wildman–Crippen MR) is 65.0 cm³/mol. The summed E-state index contributed by atoms with van der Waals surface area (Å²) in [6, 6.07) is 0. The number of hydrogen-bond donors (Lipinski definition) is 2. The SMILES string of the molecule is COC1(CNC(=O)[C@H]2[C@@H](C(=O)O)C2(C)C)CCC1. The first-order chi connectivity index (χ1) is 8.34. The Morgan fingerprint density at radius 2 is 1.94 bits per heavy atom. The lowest BCUT2D eigenvalue weighted by Gasteiger charge is -2.40. The van der Waals surface area contributed by atoms with Gasteiger partial charge in [-0.3, -0.25) is 9.59 Å². The zero-order valence-corrected chi connectivity index (χ0v) is 11.2. The molecule has 5 heteroatoms. The van der Waals surface area contributed by atoms with E-state index < -0.39 is 23.2 Å². The number of ether oxygens (including phenoxy) is 1. The fraction of sp³-hybridized carbons (Fsp3) is 0.846. The number of methoxy groups -OCH3 is 1. The second kappa shape index (κ2) is 4.23. The average molecular weight is 255 g/mol. The van der Waals surface area contributed by atoms with E-state index in [-0.39, 0.29) is 11.5 Å². The number of amides is 1. The molecule has 0 aliphatic heterocycles. The first-order valence-corrected chi connectivity index (χ1v) is 6.40. The molecule has 0 unspecified atom stereocenters. The smallest absolute Gasteiger partial charge is 0.307 e. The second-order valence-electron chi connectivity index (χ2n) is 6.07. The van der Waals surface area contributed by atoms with E-state index in [2.05, 4.69) is 5.32 Å². The van der Waals surface area contributed by atoms with Gasteiger partial charge in [0, 0.05) is 13.7 Å². The van der Waals surface area contributed by atoms with Crippen LogP contribution in [-0.4, -0.2) is 36.2 Å². The number of carboxylic acids is 1. The Bertz CT molecular complexity index is 368. The first kappa shape index (κ1) is 13.3. The second-order valence-corrected chi connectivity index (χ2v) is 6.07. The molecule has 2 fully saturated rings. The van der Waals surface area contributed by atoms with Crippen molar-refractivity contribution in [3.8, 4) is 0 Å². The number of carbonyl (C=O) groups is 2. The zero-order chi connectivity index (χ0) is 13.6. The van der Waals surface area contributed by atoms with Crippen LogP contribution in [0.4, 0.5) is 0 Å². The Morgan fingerprint density at radius 3 is 2.28 bits per heavy atom. The molecule has 0 aromatic heterocycles. The van der Waals surface area contributed by atoms with Gasteiger partial charge in [-0.05, 0) is 24.7 Å². The van der Waals surface area contributed by atoms with Crippen molar-refractivity contribution in [2.24, 2.45) is 17.3 Å². The molecule has 2 rings (SSSR count). The van der Waals surface area contributed by atoms with Crippen molar-refractivity contribution < 1.29 is 19.4 Å². The van der Waals surface area contributed by atoms with Crippen molar-refractivity contribution >= 4 is 11.9 Å². The minimum absolute atomic E-state index is 0.157. The highest BCUT2D eigenvalue weighted by atomic mass is 16.5. The van der Waals surface area contributed by atoms with Gasteiger partial charge in [0.25, 0.3) is 0 Å².